The zero-order chi connectivity index (χ0) is 15.5. The Balaban J connectivity index is 1.72. The van der Waals surface area contributed by atoms with E-state index in [2.05, 4.69) is 25.1 Å². The van der Waals surface area contributed by atoms with E-state index in [1.165, 1.54) is 11.8 Å². The predicted molar refractivity (Wildman–Crippen MR) is 83.0 cm³/mol. The fourth-order valence-corrected chi connectivity index (χ4v) is 2.46. The van der Waals surface area contributed by atoms with Crippen LogP contribution in [0.3, 0.4) is 0 Å². The molecule has 3 aromatic rings. The maximum Gasteiger partial charge on any atom is 0.277 e. The van der Waals surface area contributed by atoms with Gasteiger partial charge in [0.05, 0.1) is 5.75 Å². The van der Waals surface area contributed by atoms with Crippen molar-refractivity contribution in [3.05, 3.63) is 35.1 Å². The minimum absolute atomic E-state index is 0.0771. The molecule has 10 heteroatoms. The summed E-state index contributed by atoms with van der Waals surface area (Å²) in [6.07, 6.45) is 0. The zero-order valence-corrected chi connectivity index (χ0v) is 12.7. The van der Waals surface area contributed by atoms with Crippen LogP contribution >= 0.6 is 23.4 Å². The third-order valence-electron chi connectivity index (χ3n) is 2.52. The summed E-state index contributed by atoms with van der Waals surface area (Å²) in [6, 6.07) is 7.16. The molecule has 0 unspecified atom stereocenters. The standard InChI is InChI=1S/C12H10ClN7OS/c13-7-3-1-2-6(4-7)9-19-20-12(21-9)22-5-8-16-10(14)18-11(15)17-8/h1-4H,5H2,(H4,14,15,16,17,18). The summed E-state index contributed by atoms with van der Waals surface area (Å²) < 4.78 is 5.56. The first-order valence-electron chi connectivity index (χ1n) is 6.08. The molecule has 112 valence electrons. The Morgan fingerprint density at radius 1 is 1.09 bits per heavy atom. The number of halogens is 1. The summed E-state index contributed by atoms with van der Waals surface area (Å²) in [7, 11) is 0. The van der Waals surface area contributed by atoms with E-state index in [1.54, 1.807) is 12.1 Å². The van der Waals surface area contributed by atoms with Crippen LogP contribution in [0.2, 0.25) is 5.02 Å². The van der Waals surface area contributed by atoms with Crippen LogP contribution in [-0.4, -0.2) is 25.1 Å². The van der Waals surface area contributed by atoms with Crippen molar-refractivity contribution in [1.82, 2.24) is 25.1 Å². The van der Waals surface area contributed by atoms with Crippen LogP contribution in [0.5, 0.6) is 0 Å². The van der Waals surface area contributed by atoms with Gasteiger partial charge in [-0.25, -0.2) is 0 Å². The topological polar surface area (TPSA) is 130 Å². The molecule has 0 aliphatic carbocycles. The van der Waals surface area contributed by atoms with Crippen LogP contribution in [-0.2, 0) is 5.75 Å². The van der Waals surface area contributed by atoms with Gasteiger partial charge in [-0.2, -0.15) is 15.0 Å². The van der Waals surface area contributed by atoms with Gasteiger partial charge < -0.3 is 15.9 Å². The molecule has 22 heavy (non-hydrogen) atoms. The van der Waals surface area contributed by atoms with Crippen molar-refractivity contribution in [2.24, 2.45) is 0 Å². The molecule has 0 saturated heterocycles. The monoisotopic (exact) mass is 335 g/mol. The maximum absolute atomic E-state index is 5.93. The van der Waals surface area contributed by atoms with E-state index >= 15 is 0 Å². The van der Waals surface area contributed by atoms with Crippen LogP contribution in [0.4, 0.5) is 11.9 Å². The van der Waals surface area contributed by atoms with E-state index in [-0.39, 0.29) is 11.9 Å². The number of nitrogen functional groups attached to an aromatic ring is 2. The predicted octanol–water partition coefficient (Wildman–Crippen LogP) is 2.03. The van der Waals surface area contributed by atoms with Crippen molar-refractivity contribution in [3.8, 4) is 11.5 Å². The van der Waals surface area contributed by atoms with E-state index in [0.29, 0.717) is 27.7 Å². The minimum atomic E-state index is 0.0771. The highest BCUT2D eigenvalue weighted by Crippen LogP contribution is 2.26. The highest BCUT2D eigenvalue weighted by atomic mass is 35.5. The van der Waals surface area contributed by atoms with Crippen molar-refractivity contribution in [1.29, 1.82) is 0 Å². The first kappa shape index (κ1) is 14.5. The van der Waals surface area contributed by atoms with Gasteiger partial charge in [-0.3, -0.25) is 0 Å². The Hall–Kier alpha value is -2.39. The van der Waals surface area contributed by atoms with Crippen LogP contribution < -0.4 is 11.5 Å². The summed E-state index contributed by atoms with van der Waals surface area (Å²) in [5.74, 6) is 1.37. The molecule has 4 N–H and O–H groups in total. The number of anilines is 2. The van der Waals surface area contributed by atoms with Gasteiger partial charge in [0, 0.05) is 10.6 Å². The lowest BCUT2D eigenvalue weighted by atomic mass is 10.2. The molecular weight excluding hydrogens is 326 g/mol. The molecule has 0 radical (unpaired) electrons. The largest absolute Gasteiger partial charge is 0.411 e. The van der Waals surface area contributed by atoms with Crippen molar-refractivity contribution in [3.63, 3.8) is 0 Å². The lowest BCUT2D eigenvalue weighted by Crippen LogP contribution is -2.05. The Kier molecular flexibility index (Phi) is 4.07. The second kappa shape index (κ2) is 6.16. The lowest BCUT2D eigenvalue weighted by Gasteiger charge is -1.99. The molecule has 0 spiro atoms. The maximum atomic E-state index is 5.93. The fraction of sp³-hybridized carbons (Fsp3) is 0.0833. The summed E-state index contributed by atoms with van der Waals surface area (Å²) in [4.78, 5) is 11.6. The molecule has 2 aromatic heterocycles. The molecule has 0 atom stereocenters. The zero-order valence-electron chi connectivity index (χ0n) is 11.1. The van der Waals surface area contributed by atoms with Crippen LogP contribution in [0.15, 0.2) is 33.9 Å². The molecule has 0 aliphatic rings. The van der Waals surface area contributed by atoms with Crippen LogP contribution in [0.1, 0.15) is 5.82 Å². The van der Waals surface area contributed by atoms with Gasteiger partial charge >= 0.3 is 0 Å². The Morgan fingerprint density at radius 3 is 2.59 bits per heavy atom. The van der Waals surface area contributed by atoms with Gasteiger partial charge in [0.2, 0.25) is 17.8 Å². The van der Waals surface area contributed by atoms with Crippen LogP contribution in [0, 0.1) is 0 Å². The van der Waals surface area contributed by atoms with Gasteiger partial charge in [0.1, 0.15) is 5.82 Å². The van der Waals surface area contributed by atoms with Gasteiger partial charge in [0.25, 0.3) is 5.22 Å². The normalized spacial score (nSPS) is 10.8. The molecule has 0 aliphatic heterocycles. The van der Waals surface area contributed by atoms with E-state index < -0.39 is 0 Å². The van der Waals surface area contributed by atoms with E-state index in [9.17, 15) is 0 Å². The first-order valence-corrected chi connectivity index (χ1v) is 7.44. The number of benzene rings is 1. The highest BCUT2D eigenvalue weighted by Gasteiger charge is 2.11. The average Bonchev–Trinajstić information content (AvgIpc) is 2.93. The molecule has 0 bridgehead atoms. The number of hydrogen-bond acceptors (Lipinski definition) is 9. The molecule has 0 amide bonds. The summed E-state index contributed by atoms with van der Waals surface area (Å²) in [5.41, 5.74) is 11.8. The third kappa shape index (κ3) is 3.43. The van der Waals surface area contributed by atoms with Gasteiger partial charge in [0.15, 0.2) is 0 Å². The second-order valence-electron chi connectivity index (χ2n) is 4.14. The van der Waals surface area contributed by atoms with Gasteiger partial charge in [-0.1, -0.05) is 29.4 Å². The minimum Gasteiger partial charge on any atom is -0.411 e. The van der Waals surface area contributed by atoms with E-state index in [0.717, 1.165) is 5.56 Å². The number of hydrogen-bond donors (Lipinski definition) is 2. The van der Waals surface area contributed by atoms with Crippen molar-refractivity contribution in [2.45, 2.75) is 11.0 Å². The number of aromatic nitrogens is 5. The van der Waals surface area contributed by atoms with Crippen molar-refractivity contribution >= 4 is 35.3 Å². The molecular formula is C12H10ClN7OS. The smallest absolute Gasteiger partial charge is 0.277 e. The van der Waals surface area contributed by atoms with Crippen molar-refractivity contribution in [2.75, 3.05) is 11.5 Å². The lowest BCUT2D eigenvalue weighted by molar-refractivity contribution is 0.465. The summed E-state index contributed by atoms with van der Waals surface area (Å²) in [5, 5.41) is 8.91. The Morgan fingerprint density at radius 2 is 1.86 bits per heavy atom. The molecule has 0 saturated carbocycles. The number of thioether (sulfide) groups is 1. The van der Waals surface area contributed by atoms with Crippen molar-refractivity contribution < 1.29 is 4.42 Å². The SMILES string of the molecule is Nc1nc(N)nc(CSc2nnc(-c3cccc(Cl)c3)o2)n1. The Bertz CT molecular complexity index is 789. The summed E-state index contributed by atoms with van der Waals surface area (Å²) in [6.45, 7) is 0. The molecule has 8 nitrogen and oxygen atoms in total. The third-order valence-corrected chi connectivity index (χ3v) is 3.57. The van der Waals surface area contributed by atoms with Crippen LogP contribution in [0.25, 0.3) is 11.5 Å². The number of nitrogens with two attached hydrogens (primary N) is 2. The highest BCUT2D eigenvalue weighted by molar-refractivity contribution is 7.98. The molecule has 2 heterocycles. The number of nitrogens with zero attached hydrogens (tertiary/aromatic N) is 5. The summed E-state index contributed by atoms with van der Waals surface area (Å²) >= 11 is 7.20. The quantitative estimate of drug-likeness (QED) is 0.687. The first-order chi connectivity index (χ1) is 10.6. The molecule has 0 fully saturated rings. The second-order valence-corrected chi connectivity index (χ2v) is 5.50. The average molecular weight is 336 g/mol. The Labute approximate surface area is 134 Å². The fourth-order valence-electron chi connectivity index (χ4n) is 1.65. The van der Waals surface area contributed by atoms with Gasteiger partial charge in [-0.05, 0) is 18.2 Å². The van der Waals surface area contributed by atoms with E-state index in [1.807, 2.05) is 12.1 Å². The van der Waals surface area contributed by atoms with E-state index in [4.69, 9.17) is 27.5 Å². The van der Waals surface area contributed by atoms with Gasteiger partial charge in [-0.15, -0.1) is 10.2 Å². The molecule has 1 aromatic carbocycles. The number of rotatable bonds is 4. The molecule has 3 rings (SSSR count).